The molecular formula is C49H91NO5. The van der Waals surface area contributed by atoms with E-state index >= 15 is 0 Å². The van der Waals surface area contributed by atoms with E-state index in [1.165, 1.54) is 109 Å². The van der Waals surface area contributed by atoms with Gasteiger partial charge >= 0.3 is 5.97 Å². The van der Waals surface area contributed by atoms with Crippen LogP contribution >= 0.6 is 0 Å². The van der Waals surface area contributed by atoms with Crippen LogP contribution in [0.2, 0.25) is 0 Å². The number of hydrogen-bond donors (Lipinski definition) is 3. The monoisotopic (exact) mass is 774 g/mol. The minimum atomic E-state index is -0.786. The molecule has 0 fully saturated rings. The third-order valence-corrected chi connectivity index (χ3v) is 10.7. The van der Waals surface area contributed by atoms with Crippen molar-refractivity contribution in [1.82, 2.24) is 5.32 Å². The third kappa shape index (κ3) is 38.7. The maximum atomic E-state index is 13.1. The van der Waals surface area contributed by atoms with E-state index in [1.807, 2.05) is 0 Å². The number of esters is 1. The van der Waals surface area contributed by atoms with E-state index < -0.39 is 18.2 Å². The largest absolute Gasteiger partial charge is 0.462 e. The SMILES string of the molecule is CCCCC/C=C\C/C=C\C/C=C\CCCCCCC(=O)OC(CCCCCCCCCC)CC(=O)NC(CO)C(O)CCCCCCCCCCCCC. The van der Waals surface area contributed by atoms with E-state index in [2.05, 4.69) is 62.5 Å². The van der Waals surface area contributed by atoms with E-state index in [9.17, 15) is 19.8 Å². The van der Waals surface area contributed by atoms with Crippen LogP contribution in [0.25, 0.3) is 0 Å². The fraction of sp³-hybridized carbons (Fsp3) is 0.837. The molecule has 0 heterocycles. The number of rotatable bonds is 42. The molecule has 55 heavy (non-hydrogen) atoms. The molecule has 0 bridgehead atoms. The van der Waals surface area contributed by atoms with Crippen LogP contribution < -0.4 is 5.32 Å². The molecule has 3 N–H and O–H groups in total. The quantitative estimate of drug-likeness (QED) is 0.0326. The fourth-order valence-corrected chi connectivity index (χ4v) is 7.08. The molecule has 6 heteroatoms. The number of nitrogens with one attached hydrogen (secondary N) is 1. The van der Waals surface area contributed by atoms with Crippen molar-refractivity contribution in [3.8, 4) is 0 Å². The van der Waals surface area contributed by atoms with Crippen molar-refractivity contribution < 1.29 is 24.5 Å². The molecule has 3 unspecified atom stereocenters. The Morgan fingerprint density at radius 2 is 0.927 bits per heavy atom. The van der Waals surface area contributed by atoms with Crippen LogP contribution in [0.3, 0.4) is 0 Å². The number of aliphatic hydroxyl groups is 2. The Morgan fingerprint density at radius 3 is 1.44 bits per heavy atom. The number of carbonyl (C=O) groups excluding carboxylic acids is 2. The summed E-state index contributed by atoms with van der Waals surface area (Å²) in [5, 5.41) is 23.6. The minimum Gasteiger partial charge on any atom is -0.462 e. The predicted molar refractivity (Wildman–Crippen MR) is 236 cm³/mol. The maximum Gasteiger partial charge on any atom is 0.306 e. The predicted octanol–water partition coefficient (Wildman–Crippen LogP) is 13.7. The molecule has 0 aromatic carbocycles. The van der Waals surface area contributed by atoms with Crippen LogP contribution in [0, 0.1) is 0 Å². The van der Waals surface area contributed by atoms with Gasteiger partial charge < -0.3 is 20.3 Å². The van der Waals surface area contributed by atoms with Gasteiger partial charge in [-0.1, -0.05) is 198 Å². The van der Waals surface area contributed by atoms with Crippen molar-refractivity contribution in [2.45, 2.75) is 257 Å². The van der Waals surface area contributed by atoms with Crippen molar-refractivity contribution in [3.05, 3.63) is 36.5 Å². The highest BCUT2D eigenvalue weighted by atomic mass is 16.5. The van der Waals surface area contributed by atoms with Gasteiger partial charge in [0.1, 0.15) is 6.10 Å². The fourth-order valence-electron chi connectivity index (χ4n) is 7.08. The Labute approximate surface area is 341 Å². The number of allylic oxidation sites excluding steroid dienone is 6. The lowest BCUT2D eigenvalue weighted by atomic mass is 10.0. The standard InChI is InChI=1S/C49H91NO5/c1-4-7-10-13-16-19-21-22-23-24-25-26-28-30-33-36-39-42-49(54)55-45(40-37-34-31-18-15-12-9-6-3)43-48(53)50-46(44-51)47(52)41-38-35-32-29-27-20-17-14-11-8-5-2/h16,19,22-23,25-26,45-47,51-52H,4-15,17-18,20-21,24,27-44H2,1-3H3,(H,50,53)/b19-16-,23-22-,26-25-. The molecule has 0 aliphatic carbocycles. The summed E-state index contributed by atoms with van der Waals surface area (Å²) in [5.41, 5.74) is 0. The smallest absolute Gasteiger partial charge is 0.306 e. The zero-order valence-electron chi connectivity index (χ0n) is 36.6. The zero-order chi connectivity index (χ0) is 40.3. The second-order valence-corrected chi connectivity index (χ2v) is 16.2. The molecule has 322 valence electrons. The normalized spacial score (nSPS) is 13.6. The summed E-state index contributed by atoms with van der Waals surface area (Å²) in [6, 6.07) is -0.700. The van der Waals surface area contributed by atoms with Gasteiger partial charge in [-0.05, 0) is 64.2 Å². The van der Waals surface area contributed by atoms with Gasteiger partial charge in [-0.2, -0.15) is 0 Å². The van der Waals surface area contributed by atoms with Crippen molar-refractivity contribution >= 4 is 11.9 Å². The highest BCUT2D eigenvalue weighted by Gasteiger charge is 2.24. The summed E-state index contributed by atoms with van der Waals surface area (Å²) in [5.74, 6) is -0.498. The second-order valence-electron chi connectivity index (χ2n) is 16.2. The van der Waals surface area contributed by atoms with Crippen LogP contribution in [0.5, 0.6) is 0 Å². The summed E-state index contributed by atoms with van der Waals surface area (Å²) >= 11 is 0. The molecule has 0 saturated heterocycles. The van der Waals surface area contributed by atoms with Crippen molar-refractivity contribution in [2.24, 2.45) is 0 Å². The number of hydrogen-bond acceptors (Lipinski definition) is 5. The Bertz CT molecular complexity index is 915. The number of carbonyl (C=O) groups is 2. The summed E-state index contributed by atoms with van der Waals surface area (Å²) in [4.78, 5) is 25.9. The van der Waals surface area contributed by atoms with E-state index in [0.29, 0.717) is 19.3 Å². The zero-order valence-corrected chi connectivity index (χ0v) is 36.6. The number of unbranched alkanes of at least 4 members (excludes halogenated alkanes) is 24. The first-order valence-corrected chi connectivity index (χ1v) is 23.7. The van der Waals surface area contributed by atoms with Gasteiger partial charge in [0.05, 0.1) is 25.2 Å². The first-order valence-electron chi connectivity index (χ1n) is 23.7. The molecule has 0 aliphatic rings. The molecule has 0 spiro atoms. The summed E-state index contributed by atoms with van der Waals surface area (Å²) in [6.45, 7) is 6.41. The molecule has 0 aromatic rings. The first-order chi connectivity index (χ1) is 27.0. The summed E-state index contributed by atoms with van der Waals surface area (Å²) < 4.78 is 5.88. The van der Waals surface area contributed by atoms with Crippen LogP contribution in [-0.4, -0.2) is 46.9 Å². The van der Waals surface area contributed by atoms with Gasteiger partial charge in [-0.3, -0.25) is 9.59 Å². The van der Waals surface area contributed by atoms with Crippen LogP contribution in [0.1, 0.15) is 239 Å². The van der Waals surface area contributed by atoms with Crippen LogP contribution in [0.4, 0.5) is 0 Å². The van der Waals surface area contributed by atoms with Gasteiger partial charge in [-0.15, -0.1) is 0 Å². The van der Waals surface area contributed by atoms with Crippen LogP contribution in [0.15, 0.2) is 36.5 Å². The maximum absolute atomic E-state index is 13.1. The number of aliphatic hydroxyl groups excluding tert-OH is 2. The molecule has 1 amide bonds. The summed E-state index contributed by atoms with van der Waals surface area (Å²) in [7, 11) is 0. The van der Waals surface area contributed by atoms with Gasteiger partial charge in [0.25, 0.3) is 0 Å². The Balaban J connectivity index is 4.49. The van der Waals surface area contributed by atoms with E-state index in [-0.39, 0.29) is 24.9 Å². The first kappa shape index (κ1) is 53.1. The average molecular weight is 774 g/mol. The number of ether oxygens (including phenoxy) is 1. The van der Waals surface area contributed by atoms with Gasteiger partial charge in [0.2, 0.25) is 5.91 Å². The molecule has 6 nitrogen and oxygen atoms in total. The highest BCUT2D eigenvalue weighted by Crippen LogP contribution is 2.17. The molecule has 0 aromatic heterocycles. The van der Waals surface area contributed by atoms with E-state index in [1.54, 1.807) is 0 Å². The average Bonchev–Trinajstić information content (AvgIpc) is 3.18. The molecule has 3 atom stereocenters. The molecule has 0 saturated carbocycles. The molecule has 0 rings (SSSR count). The van der Waals surface area contributed by atoms with Crippen molar-refractivity contribution in [3.63, 3.8) is 0 Å². The molecule has 0 aliphatic heterocycles. The Kier molecular flexibility index (Phi) is 41.7. The van der Waals surface area contributed by atoms with Gasteiger partial charge in [0.15, 0.2) is 0 Å². The van der Waals surface area contributed by atoms with Crippen LogP contribution in [-0.2, 0) is 14.3 Å². The van der Waals surface area contributed by atoms with Gasteiger partial charge in [0, 0.05) is 6.42 Å². The lowest BCUT2D eigenvalue weighted by Crippen LogP contribution is -2.46. The lowest BCUT2D eigenvalue weighted by Gasteiger charge is -2.24. The van der Waals surface area contributed by atoms with Crippen molar-refractivity contribution in [2.75, 3.05) is 6.61 Å². The summed E-state index contributed by atoms with van der Waals surface area (Å²) in [6.07, 6.45) is 49.2. The lowest BCUT2D eigenvalue weighted by molar-refractivity contribution is -0.151. The molecular weight excluding hydrogens is 683 g/mol. The second kappa shape index (κ2) is 43.2. The van der Waals surface area contributed by atoms with E-state index in [4.69, 9.17) is 4.74 Å². The van der Waals surface area contributed by atoms with E-state index in [0.717, 1.165) is 83.5 Å². The third-order valence-electron chi connectivity index (χ3n) is 10.7. The van der Waals surface area contributed by atoms with Gasteiger partial charge in [-0.25, -0.2) is 0 Å². The highest BCUT2D eigenvalue weighted by molar-refractivity contribution is 5.77. The van der Waals surface area contributed by atoms with Crippen molar-refractivity contribution in [1.29, 1.82) is 0 Å². The molecule has 0 radical (unpaired) electrons. The number of amides is 1. The Morgan fingerprint density at radius 1 is 0.527 bits per heavy atom. The Hall–Kier alpha value is -1.92. The minimum absolute atomic E-state index is 0.0706. The topological polar surface area (TPSA) is 95.9 Å².